The number of methoxy groups -OCH3 is 1. The Kier molecular flexibility index (Phi) is 5.01. The smallest absolute Gasteiger partial charge is 0.223 e. The molecule has 110 valence electrons. The zero-order chi connectivity index (χ0) is 14.5. The van der Waals surface area contributed by atoms with Crippen LogP contribution in [0.1, 0.15) is 31.2 Å². The molecular weight excluding hydrogens is 252 g/mol. The maximum atomic E-state index is 12.3. The number of carbonyl (C=O) groups is 1. The number of hydrogen-bond acceptors (Lipinski definition) is 3. The highest BCUT2D eigenvalue weighted by Crippen LogP contribution is 2.24. The molecule has 2 unspecified atom stereocenters. The van der Waals surface area contributed by atoms with E-state index in [1.807, 2.05) is 30.1 Å². The molecular formula is C16H24N2O2. The Morgan fingerprint density at radius 3 is 3.00 bits per heavy atom. The van der Waals surface area contributed by atoms with Gasteiger partial charge in [0.1, 0.15) is 5.75 Å². The number of rotatable bonds is 5. The van der Waals surface area contributed by atoms with E-state index in [1.54, 1.807) is 7.11 Å². The zero-order valence-electron chi connectivity index (χ0n) is 12.6. The van der Waals surface area contributed by atoms with Gasteiger partial charge in [-0.05, 0) is 36.6 Å². The van der Waals surface area contributed by atoms with E-state index < -0.39 is 0 Å². The molecule has 2 rings (SSSR count). The van der Waals surface area contributed by atoms with E-state index in [0.717, 1.165) is 30.8 Å². The molecule has 20 heavy (non-hydrogen) atoms. The summed E-state index contributed by atoms with van der Waals surface area (Å²) in [5.74, 6) is 1.26. The quantitative estimate of drug-likeness (QED) is 0.894. The van der Waals surface area contributed by atoms with Gasteiger partial charge in [0.2, 0.25) is 5.91 Å². The minimum atomic E-state index is 0.203. The molecule has 1 aliphatic heterocycles. The lowest BCUT2D eigenvalue weighted by atomic mass is 9.96. The van der Waals surface area contributed by atoms with Gasteiger partial charge in [-0.15, -0.1) is 0 Å². The molecule has 0 radical (unpaired) electrons. The van der Waals surface area contributed by atoms with Gasteiger partial charge < -0.3 is 15.0 Å². The van der Waals surface area contributed by atoms with E-state index in [9.17, 15) is 4.79 Å². The van der Waals surface area contributed by atoms with Gasteiger partial charge in [-0.1, -0.05) is 19.1 Å². The minimum Gasteiger partial charge on any atom is -0.497 e. The van der Waals surface area contributed by atoms with Crippen LogP contribution >= 0.6 is 0 Å². The molecule has 0 aliphatic carbocycles. The Morgan fingerprint density at radius 2 is 2.35 bits per heavy atom. The van der Waals surface area contributed by atoms with Crippen molar-refractivity contribution in [2.75, 3.05) is 27.2 Å². The predicted octanol–water partition coefficient (Wildman–Crippen LogP) is 2.01. The van der Waals surface area contributed by atoms with Crippen molar-refractivity contribution >= 4 is 5.91 Å². The first-order chi connectivity index (χ1) is 9.61. The van der Waals surface area contributed by atoms with Crippen molar-refractivity contribution in [1.29, 1.82) is 0 Å². The summed E-state index contributed by atoms with van der Waals surface area (Å²) < 4.78 is 5.24. The van der Waals surface area contributed by atoms with Crippen LogP contribution in [-0.2, 0) is 4.79 Å². The number of benzene rings is 1. The van der Waals surface area contributed by atoms with Crippen molar-refractivity contribution in [3.05, 3.63) is 29.8 Å². The van der Waals surface area contributed by atoms with Gasteiger partial charge >= 0.3 is 0 Å². The number of hydrogen-bond donors (Lipinski definition) is 1. The summed E-state index contributed by atoms with van der Waals surface area (Å²) in [6.45, 7) is 4.01. The molecule has 2 atom stereocenters. The van der Waals surface area contributed by atoms with Gasteiger partial charge in [-0.25, -0.2) is 0 Å². The maximum Gasteiger partial charge on any atom is 0.223 e. The fraction of sp³-hybridized carbons (Fsp3) is 0.562. The standard InChI is InChI=1S/C16H24N2O2/c1-12(13-5-4-6-15(10-13)20-3)9-16(19)18(2)14-7-8-17-11-14/h4-6,10,12,14,17H,7-9,11H2,1-3H3. The first kappa shape index (κ1) is 14.9. The third kappa shape index (κ3) is 3.51. The number of nitrogens with zero attached hydrogens (tertiary/aromatic N) is 1. The third-order valence-electron chi connectivity index (χ3n) is 4.12. The Bertz CT molecular complexity index is 456. The van der Waals surface area contributed by atoms with Gasteiger partial charge in [0, 0.05) is 26.1 Å². The Labute approximate surface area is 121 Å². The van der Waals surface area contributed by atoms with Crippen molar-refractivity contribution in [2.45, 2.75) is 31.7 Å². The SMILES string of the molecule is COc1cccc(C(C)CC(=O)N(C)C2CCNC2)c1. The first-order valence-electron chi connectivity index (χ1n) is 7.22. The fourth-order valence-corrected chi connectivity index (χ4v) is 2.65. The van der Waals surface area contributed by atoms with Crippen LogP contribution in [0.5, 0.6) is 5.75 Å². The molecule has 1 saturated heterocycles. The lowest BCUT2D eigenvalue weighted by Gasteiger charge is -2.25. The van der Waals surface area contributed by atoms with Crippen molar-refractivity contribution in [2.24, 2.45) is 0 Å². The van der Waals surface area contributed by atoms with Crippen LogP contribution in [0.2, 0.25) is 0 Å². The van der Waals surface area contributed by atoms with Crippen LogP contribution in [0, 0.1) is 0 Å². The highest BCUT2D eigenvalue weighted by atomic mass is 16.5. The van der Waals surface area contributed by atoms with Gasteiger partial charge in [-0.3, -0.25) is 4.79 Å². The van der Waals surface area contributed by atoms with Crippen molar-refractivity contribution in [3.63, 3.8) is 0 Å². The molecule has 0 aromatic heterocycles. The second-order valence-corrected chi connectivity index (χ2v) is 5.53. The molecule has 4 heteroatoms. The molecule has 1 heterocycles. The Morgan fingerprint density at radius 1 is 1.55 bits per heavy atom. The average molecular weight is 276 g/mol. The van der Waals surface area contributed by atoms with E-state index in [1.165, 1.54) is 0 Å². The molecule has 1 amide bonds. The van der Waals surface area contributed by atoms with E-state index in [-0.39, 0.29) is 11.8 Å². The number of likely N-dealkylation sites (N-methyl/N-ethyl adjacent to an activating group) is 1. The minimum absolute atomic E-state index is 0.203. The summed E-state index contributed by atoms with van der Waals surface area (Å²) in [7, 11) is 3.58. The van der Waals surface area contributed by atoms with E-state index in [4.69, 9.17) is 4.74 Å². The van der Waals surface area contributed by atoms with Crippen LogP contribution < -0.4 is 10.1 Å². The van der Waals surface area contributed by atoms with Crippen LogP contribution in [0.15, 0.2) is 24.3 Å². The molecule has 1 aliphatic rings. The lowest BCUT2D eigenvalue weighted by molar-refractivity contribution is -0.132. The molecule has 1 aromatic carbocycles. The first-order valence-corrected chi connectivity index (χ1v) is 7.22. The molecule has 1 N–H and O–H groups in total. The topological polar surface area (TPSA) is 41.6 Å². The monoisotopic (exact) mass is 276 g/mol. The summed E-state index contributed by atoms with van der Waals surface area (Å²) in [6, 6.07) is 8.31. The van der Waals surface area contributed by atoms with Crippen molar-refractivity contribution in [3.8, 4) is 5.75 Å². The van der Waals surface area contributed by atoms with Crippen LogP contribution in [0.4, 0.5) is 0 Å². The fourth-order valence-electron chi connectivity index (χ4n) is 2.65. The Balaban J connectivity index is 1.95. The number of nitrogens with one attached hydrogen (secondary N) is 1. The summed E-state index contributed by atoms with van der Waals surface area (Å²) in [6.07, 6.45) is 1.59. The normalized spacial score (nSPS) is 19.6. The van der Waals surface area contributed by atoms with Gasteiger partial charge in [0.15, 0.2) is 0 Å². The largest absolute Gasteiger partial charge is 0.497 e. The van der Waals surface area contributed by atoms with Gasteiger partial charge in [0.05, 0.1) is 7.11 Å². The van der Waals surface area contributed by atoms with Crippen LogP contribution in [0.3, 0.4) is 0 Å². The molecule has 4 nitrogen and oxygen atoms in total. The second-order valence-electron chi connectivity index (χ2n) is 5.53. The highest BCUT2D eigenvalue weighted by Gasteiger charge is 2.24. The average Bonchev–Trinajstić information content (AvgIpc) is 3.00. The number of carbonyl (C=O) groups excluding carboxylic acids is 1. The summed E-state index contributed by atoms with van der Waals surface area (Å²) in [4.78, 5) is 14.2. The maximum absolute atomic E-state index is 12.3. The molecule has 0 saturated carbocycles. The molecule has 0 spiro atoms. The van der Waals surface area contributed by atoms with Crippen molar-refractivity contribution < 1.29 is 9.53 Å². The van der Waals surface area contributed by atoms with E-state index in [2.05, 4.69) is 18.3 Å². The van der Waals surface area contributed by atoms with Gasteiger partial charge in [-0.2, -0.15) is 0 Å². The van der Waals surface area contributed by atoms with Gasteiger partial charge in [0.25, 0.3) is 0 Å². The number of ether oxygens (including phenoxy) is 1. The summed E-state index contributed by atoms with van der Waals surface area (Å²) in [5.41, 5.74) is 1.15. The molecule has 1 aromatic rings. The molecule has 0 bridgehead atoms. The molecule has 1 fully saturated rings. The van der Waals surface area contributed by atoms with Crippen molar-refractivity contribution in [1.82, 2.24) is 10.2 Å². The summed E-state index contributed by atoms with van der Waals surface area (Å²) in [5, 5.41) is 3.30. The van der Waals surface area contributed by atoms with E-state index >= 15 is 0 Å². The Hall–Kier alpha value is -1.55. The van der Waals surface area contributed by atoms with E-state index in [0.29, 0.717) is 12.5 Å². The van der Waals surface area contributed by atoms with Crippen LogP contribution in [0.25, 0.3) is 0 Å². The highest BCUT2D eigenvalue weighted by molar-refractivity contribution is 5.77. The van der Waals surface area contributed by atoms with Crippen LogP contribution in [-0.4, -0.2) is 44.1 Å². The lowest BCUT2D eigenvalue weighted by Crippen LogP contribution is -2.38. The number of amides is 1. The zero-order valence-corrected chi connectivity index (χ0v) is 12.6. The predicted molar refractivity (Wildman–Crippen MR) is 80.1 cm³/mol. The third-order valence-corrected chi connectivity index (χ3v) is 4.12. The summed E-state index contributed by atoms with van der Waals surface area (Å²) >= 11 is 0. The second kappa shape index (κ2) is 6.75.